The van der Waals surface area contributed by atoms with Crippen LogP contribution in [-0.4, -0.2) is 21.1 Å². The third-order valence-corrected chi connectivity index (χ3v) is 3.59. The molecule has 0 atom stereocenters. The van der Waals surface area contributed by atoms with Crippen LogP contribution in [-0.2, 0) is 14.8 Å². The highest BCUT2D eigenvalue weighted by molar-refractivity contribution is 7.90. The van der Waals surface area contributed by atoms with E-state index in [2.05, 4.69) is 0 Å². The van der Waals surface area contributed by atoms with Gasteiger partial charge in [-0.2, -0.15) is 0 Å². The van der Waals surface area contributed by atoms with Crippen LogP contribution in [0.25, 0.3) is 0 Å². The Bertz CT molecular complexity index is 547. The molecule has 0 heterocycles. The zero-order chi connectivity index (χ0) is 14.3. The summed E-state index contributed by atoms with van der Waals surface area (Å²) < 4.78 is 30.2. The van der Waals surface area contributed by atoms with E-state index in [4.69, 9.17) is 4.74 Å². The van der Waals surface area contributed by atoms with Crippen LogP contribution < -0.4 is 4.72 Å². The van der Waals surface area contributed by atoms with E-state index in [1.165, 1.54) is 12.1 Å². The lowest BCUT2D eigenvalue weighted by molar-refractivity contribution is 0.165. The predicted octanol–water partition coefficient (Wildman–Crippen LogP) is 2.38. The largest absolute Gasteiger partial charge is 0.445 e. The van der Waals surface area contributed by atoms with Crippen molar-refractivity contribution < 1.29 is 17.9 Å². The molecular weight excluding hydrogens is 266 g/mol. The number of carbonyl (C=O) groups excluding carboxylic acids is 1. The molecule has 0 aromatic heterocycles. The van der Waals surface area contributed by atoms with Crippen molar-refractivity contribution in [3.8, 4) is 0 Å². The summed E-state index contributed by atoms with van der Waals surface area (Å²) in [5.41, 5.74) is 0.936. The second kappa shape index (κ2) is 6.94. The van der Waals surface area contributed by atoms with Crippen molar-refractivity contribution in [3.63, 3.8) is 0 Å². The maximum absolute atomic E-state index is 11.8. The molecule has 0 bridgehead atoms. The first-order valence-electron chi connectivity index (χ1n) is 5.87. The number of nitrogens with one attached hydrogen (secondary N) is 1. The van der Waals surface area contributed by atoms with Gasteiger partial charge in [-0.05, 0) is 25.5 Å². The average molecular weight is 283 g/mol. The molecule has 0 aliphatic rings. The fraction of sp³-hybridized carbons (Fsp3) is 0.308. The number of aryl methyl sites for hydroxylation is 1. The lowest BCUT2D eigenvalue weighted by Gasteiger charge is -2.07. The first-order chi connectivity index (χ1) is 8.95. The predicted molar refractivity (Wildman–Crippen MR) is 72.3 cm³/mol. The van der Waals surface area contributed by atoms with Crippen LogP contribution in [0.2, 0.25) is 0 Å². The van der Waals surface area contributed by atoms with Gasteiger partial charge in [0, 0.05) is 0 Å². The minimum absolute atomic E-state index is 0.0270. The number of ether oxygens (including phenoxy) is 1. The monoisotopic (exact) mass is 283 g/mol. The third kappa shape index (κ3) is 5.13. The van der Waals surface area contributed by atoms with Crippen LogP contribution in [0.3, 0.4) is 0 Å². The van der Waals surface area contributed by atoms with Crippen molar-refractivity contribution in [2.24, 2.45) is 0 Å². The van der Waals surface area contributed by atoms with Crippen LogP contribution in [0, 0.1) is 6.92 Å². The minimum Gasteiger partial charge on any atom is -0.445 e. The Morgan fingerprint density at radius 2 is 1.89 bits per heavy atom. The van der Waals surface area contributed by atoms with Gasteiger partial charge < -0.3 is 4.74 Å². The van der Waals surface area contributed by atoms with Crippen molar-refractivity contribution in [3.05, 3.63) is 42.0 Å². The maximum Gasteiger partial charge on any atom is 0.421 e. The summed E-state index contributed by atoms with van der Waals surface area (Å²) in [4.78, 5) is 11.3. The molecule has 104 valence electrons. The third-order valence-electron chi connectivity index (χ3n) is 2.26. The highest BCUT2D eigenvalue weighted by Crippen LogP contribution is 2.09. The molecule has 1 amide bonds. The fourth-order valence-corrected chi connectivity index (χ4v) is 2.16. The molecule has 0 spiro atoms. The summed E-state index contributed by atoms with van der Waals surface area (Å²) in [7, 11) is -3.87. The van der Waals surface area contributed by atoms with Gasteiger partial charge in [-0.15, -0.1) is 0 Å². The van der Waals surface area contributed by atoms with Crippen LogP contribution in [0.15, 0.2) is 41.3 Å². The second-order valence-electron chi connectivity index (χ2n) is 3.90. The van der Waals surface area contributed by atoms with E-state index in [-0.39, 0.29) is 11.5 Å². The molecule has 1 aromatic carbocycles. The van der Waals surface area contributed by atoms with E-state index >= 15 is 0 Å². The summed E-state index contributed by atoms with van der Waals surface area (Å²) in [5.74, 6) is 0. The molecule has 1 rings (SSSR count). The van der Waals surface area contributed by atoms with E-state index in [0.29, 0.717) is 0 Å². The van der Waals surface area contributed by atoms with Crippen molar-refractivity contribution >= 4 is 16.1 Å². The molecule has 0 radical (unpaired) electrons. The summed E-state index contributed by atoms with van der Waals surface area (Å²) in [6.45, 7) is 3.83. The van der Waals surface area contributed by atoms with Gasteiger partial charge in [-0.25, -0.2) is 17.9 Å². The number of hydrogen-bond donors (Lipinski definition) is 1. The number of sulfonamides is 1. The average Bonchev–Trinajstić information content (AvgIpc) is 2.34. The molecule has 19 heavy (non-hydrogen) atoms. The van der Waals surface area contributed by atoms with Crippen LogP contribution >= 0.6 is 0 Å². The zero-order valence-corrected chi connectivity index (χ0v) is 11.7. The number of amides is 1. The fourth-order valence-electron chi connectivity index (χ4n) is 1.27. The number of benzene rings is 1. The SMILES string of the molecule is CC/C=C\COC(=O)NS(=O)(=O)c1ccc(C)cc1. The van der Waals surface area contributed by atoms with Gasteiger partial charge in [-0.1, -0.05) is 36.8 Å². The topological polar surface area (TPSA) is 72.5 Å². The van der Waals surface area contributed by atoms with Gasteiger partial charge in [-0.3, -0.25) is 0 Å². The van der Waals surface area contributed by atoms with Gasteiger partial charge in [0.2, 0.25) is 0 Å². The quantitative estimate of drug-likeness (QED) is 0.842. The van der Waals surface area contributed by atoms with Crippen molar-refractivity contribution in [1.29, 1.82) is 0 Å². The Labute approximate surface area is 113 Å². The summed E-state index contributed by atoms with van der Waals surface area (Å²) >= 11 is 0. The number of hydrogen-bond acceptors (Lipinski definition) is 4. The van der Waals surface area contributed by atoms with Crippen molar-refractivity contribution in [1.82, 2.24) is 4.72 Å². The zero-order valence-electron chi connectivity index (χ0n) is 10.9. The normalized spacial score (nSPS) is 11.5. The molecular formula is C13H17NO4S. The van der Waals surface area contributed by atoms with Gasteiger partial charge in [0.1, 0.15) is 6.61 Å². The lowest BCUT2D eigenvalue weighted by atomic mass is 10.2. The van der Waals surface area contributed by atoms with Crippen molar-refractivity contribution in [2.45, 2.75) is 25.2 Å². The van der Waals surface area contributed by atoms with E-state index in [1.54, 1.807) is 18.2 Å². The molecule has 0 saturated heterocycles. The van der Waals surface area contributed by atoms with E-state index in [9.17, 15) is 13.2 Å². The molecule has 0 saturated carbocycles. The maximum atomic E-state index is 11.8. The van der Waals surface area contributed by atoms with E-state index in [1.807, 2.05) is 24.6 Å². The smallest absolute Gasteiger partial charge is 0.421 e. The van der Waals surface area contributed by atoms with Gasteiger partial charge in [0.15, 0.2) is 0 Å². The number of allylic oxidation sites excluding steroid dienone is 1. The Kier molecular flexibility index (Phi) is 5.57. The summed E-state index contributed by atoms with van der Waals surface area (Å²) in [6.07, 6.45) is 3.31. The van der Waals surface area contributed by atoms with Gasteiger partial charge in [0.05, 0.1) is 4.90 Å². The molecule has 1 aromatic rings. The van der Waals surface area contributed by atoms with Crippen molar-refractivity contribution in [2.75, 3.05) is 6.61 Å². The molecule has 1 N–H and O–H groups in total. The summed E-state index contributed by atoms with van der Waals surface area (Å²) in [6, 6.07) is 6.18. The molecule has 0 fully saturated rings. The number of rotatable bonds is 5. The van der Waals surface area contributed by atoms with E-state index in [0.717, 1.165) is 12.0 Å². The van der Waals surface area contributed by atoms with Crippen LogP contribution in [0.1, 0.15) is 18.9 Å². The first-order valence-corrected chi connectivity index (χ1v) is 7.35. The Morgan fingerprint density at radius 3 is 2.47 bits per heavy atom. The van der Waals surface area contributed by atoms with Gasteiger partial charge >= 0.3 is 6.09 Å². The van der Waals surface area contributed by atoms with Gasteiger partial charge in [0.25, 0.3) is 10.0 Å². The number of carbonyl (C=O) groups is 1. The first kappa shape index (κ1) is 15.2. The molecule has 0 unspecified atom stereocenters. The highest BCUT2D eigenvalue weighted by Gasteiger charge is 2.17. The minimum atomic E-state index is -3.87. The Morgan fingerprint density at radius 1 is 1.26 bits per heavy atom. The Balaban J connectivity index is 2.62. The Hall–Kier alpha value is -1.82. The highest BCUT2D eigenvalue weighted by atomic mass is 32.2. The molecule has 5 nitrogen and oxygen atoms in total. The lowest BCUT2D eigenvalue weighted by Crippen LogP contribution is -2.31. The summed E-state index contributed by atoms with van der Waals surface area (Å²) in [5, 5.41) is 0. The second-order valence-corrected chi connectivity index (χ2v) is 5.58. The molecule has 6 heteroatoms. The standard InChI is InChI=1S/C13H17NO4S/c1-3-4-5-10-18-13(15)14-19(16,17)12-8-6-11(2)7-9-12/h4-9H,3,10H2,1-2H3,(H,14,15)/b5-4-. The van der Waals surface area contributed by atoms with E-state index < -0.39 is 16.1 Å². The van der Waals surface area contributed by atoms with Crippen LogP contribution in [0.4, 0.5) is 4.79 Å². The molecule has 0 aliphatic carbocycles. The van der Waals surface area contributed by atoms with Crippen LogP contribution in [0.5, 0.6) is 0 Å². The molecule has 0 aliphatic heterocycles.